The summed E-state index contributed by atoms with van der Waals surface area (Å²) in [6.45, 7) is 6.48. The first-order chi connectivity index (χ1) is 8.54. The third kappa shape index (κ3) is 4.37. The highest BCUT2D eigenvalue weighted by Crippen LogP contribution is 2.22. The van der Waals surface area contributed by atoms with Gasteiger partial charge in [-0.25, -0.2) is 4.79 Å². The lowest BCUT2D eigenvalue weighted by Gasteiger charge is -2.16. The fourth-order valence-electron chi connectivity index (χ4n) is 1.53. The molecule has 0 aromatic heterocycles. The maximum Gasteiger partial charge on any atom is 0.411 e. The summed E-state index contributed by atoms with van der Waals surface area (Å²) in [5.41, 5.74) is 1.83. The fourth-order valence-corrected chi connectivity index (χ4v) is 1.53. The van der Waals surface area contributed by atoms with Gasteiger partial charge in [0.2, 0.25) is 0 Å². The quantitative estimate of drug-likeness (QED) is 0.844. The molecule has 0 saturated carbocycles. The van der Waals surface area contributed by atoms with E-state index in [-0.39, 0.29) is 6.04 Å². The van der Waals surface area contributed by atoms with Gasteiger partial charge in [0, 0.05) is 11.7 Å². The standard InChI is InChI=1S/C14H22N2O2/c1-10(2)9-18-14(17)16-13-8-6-5-7-12(13)11(3)15-4/h5-8,10-11,15H,9H2,1-4H3,(H,16,17). The molecule has 18 heavy (non-hydrogen) atoms. The molecule has 0 spiro atoms. The summed E-state index contributed by atoms with van der Waals surface area (Å²) in [7, 11) is 1.89. The second-order valence-electron chi connectivity index (χ2n) is 4.71. The van der Waals surface area contributed by atoms with E-state index in [1.165, 1.54) is 0 Å². The normalized spacial score (nSPS) is 12.3. The van der Waals surface area contributed by atoms with Crippen molar-refractivity contribution in [2.24, 2.45) is 5.92 Å². The van der Waals surface area contributed by atoms with Gasteiger partial charge < -0.3 is 10.1 Å². The number of hydrogen-bond donors (Lipinski definition) is 2. The van der Waals surface area contributed by atoms with Crippen LogP contribution in [-0.2, 0) is 4.74 Å². The molecule has 1 aromatic rings. The van der Waals surface area contributed by atoms with Crippen LogP contribution in [0.2, 0.25) is 0 Å². The highest BCUT2D eigenvalue weighted by atomic mass is 16.5. The Bertz CT molecular complexity index is 391. The van der Waals surface area contributed by atoms with Gasteiger partial charge in [0.25, 0.3) is 0 Å². The Labute approximate surface area is 109 Å². The van der Waals surface area contributed by atoms with Crippen LogP contribution in [0, 0.1) is 5.92 Å². The molecular weight excluding hydrogens is 228 g/mol. The van der Waals surface area contributed by atoms with Gasteiger partial charge in [0.15, 0.2) is 0 Å². The van der Waals surface area contributed by atoms with Crippen LogP contribution in [0.4, 0.5) is 10.5 Å². The molecule has 4 nitrogen and oxygen atoms in total. The van der Waals surface area contributed by atoms with E-state index in [1.807, 2.05) is 52.1 Å². The van der Waals surface area contributed by atoms with Gasteiger partial charge in [0.1, 0.15) is 0 Å². The fraction of sp³-hybridized carbons (Fsp3) is 0.500. The van der Waals surface area contributed by atoms with Gasteiger partial charge in [-0.1, -0.05) is 32.0 Å². The summed E-state index contributed by atoms with van der Waals surface area (Å²) in [4.78, 5) is 11.6. The third-order valence-electron chi connectivity index (χ3n) is 2.64. The predicted octanol–water partition coefficient (Wildman–Crippen LogP) is 3.17. The summed E-state index contributed by atoms with van der Waals surface area (Å²) in [5.74, 6) is 0.335. The Hall–Kier alpha value is -1.55. The van der Waals surface area contributed by atoms with Crippen LogP contribution in [0.1, 0.15) is 32.4 Å². The second-order valence-corrected chi connectivity index (χ2v) is 4.71. The first-order valence-electron chi connectivity index (χ1n) is 6.24. The molecule has 1 atom stereocenters. The Morgan fingerprint density at radius 1 is 1.28 bits per heavy atom. The Morgan fingerprint density at radius 3 is 2.56 bits per heavy atom. The number of benzene rings is 1. The monoisotopic (exact) mass is 250 g/mol. The molecule has 0 radical (unpaired) electrons. The molecule has 4 heteroatoms. The SMILES string of the molecule is CNC(C)c1ccccc1NC(=O)OCC(C)C. The predicted molar refractivity (Wildman–Crippen MR) is 73.7 cm³/mol. The van der Waals surface area contributed by atoms with Crippen molar-refractivity contribution in [3.63, 3.8) is 0 Å². The smallest absolute Gasteiger partial charge is 0.411 e. The van der Waals surface area contributed by atoms with Gasteiger partial charge >= 0.3 is 6.09 Å². The van der Waals surface area contributed by atoms with Crippen molar-refractivity contribution in [1.29, 1.82) is 0 Å². The highest BCUT2D eigenvalue weighted by Gasteiger charge is 2.11. The Kier molecular flexibility index (Phi) is 5.65. The van der Waals surface area contributed by atoms with Gasteiger partial charge in [-0.3, -0.25) is 5.32 Å². The van der Waals surface area contributed by atoms with E-state index in [4.69, 9.17) is 4.74 Å². The number of rotatable bonds is 5. The molecule has 0 bridgehead atoms. The van der Waals surface area contributed by atoms with Gasteiger partial charge in [-0.2, -0.15) is 0 Å². The lowest BCUT2D eigenvalue weighted by molar-refractivity contribution is 0.147. The van der Waals surface area contributed by atoms with Gasteiger partial charge in [-0.05, 0) is 31.5 Å². The molecule has 100 valence electrons. The van der Waals surface area contributed by atoms with Crippen molar-refractivity contribution in [1.82, 2.24) is 5.32 Å². The molecule has 0 aliphatic heterocycles. The van der Waals surface area contributed by atoms with E-state index in [9.17, 15) is 4.79 Å². The topological polar surface area (TPSA) is 50.4 Å². The van der Waals surface area contributed by atoms with E-state index >= 15 is 0 Å². The van der Waals surface area contributed by atoms with E-state index in [1.54, 1.807) is 0 Å². The number of carbonyl (C=O) groups excluding carboxylic acids is 1. The van der Waals surface area contributed by atoms with Crippen LogP contribution in [0.5, 0.6) is 0 Å². The minimum absolute atomic E-state index is 0.173. The lowest BCUT2D eigenvalue weighted by atomic mass is 10.1. The zero-order valence-electron chi connectivity index (χ0n) is 11.5. The van der Waals surface area contributed by atoms with Crippen LogP contribution < -0.4 is 10.6 Å². The van der Waals surface area contributed by atoms with E-state index in [2.05, 4.69) is 10.6 Å². The summed E-state index contributed by atoms with van der Waals surface area (Å²) in [6, 6.07) is 7.88. The van der Waals surface area contributed by atoms with Gasteiger partial charge in [-0.15, -0.1) is 0 Å². The number of carbonyl (C=O) groups is 1. The maximum atomic E-state index is 11.6. The highest BCUT2D eigenvalue weighted by molar-refractivity contribution is 5.85. The van der Waals surface area contributed by atoms with Crippen molar-refractivity contribution in [2.75, 3.05) is 19.0 Å². The van der Waals surface area contributed by atoms with Gasteiger partial charge in [0.05, 0.1) is 6.61 Å². The number of amides is 1. The van der Waals surface area contributed by atoms with Crippen molar-refractivity contribution >= 4 is 11.8 Å². The molecule has 2 N–H and O–H groups in total. The molecule has 0 heterocycles. The van der Waals surface area contributed by atoms with E-state index in [0.717, 1.165) is 11.3 Å². The largest absolute Gasteiger partial charge is 0.449 e. The molecule has 1 aromatic carbocycles. The summed E-state index contributed by atoms with van der Waals surface area (Å²) in [6.07, 6.45) is -0.403. The first kappa shape index (κ1) is 14.5. The molecule has 0 saturated heterocycles. The van der Waals surface area contributed by atoms with Crippen LogP contribution in [-0.4, -0.2) is 19.7 Å². The first-order valence-corrected chi connectivity index (χ1v) is 6.24. The lowest BCUT2D eigenvalue weighted by Crippen LogP contribution is -2.20. The maximum absolute atomic E-state index is 11.6. The number of anilines is 1. The van der Waals surface area contributed by atoms with E-state index in [0.29, 0.717) is 12.5 Å². The van der Waals surface area contributed by atoms with Crippen molar-refractivity contribution in [3.05, 3.63) is 29.8 Å². The minimum Gasteiger partial charge on any atom is -0.449 e. The third-order valence-corrected chi connectivity index (χ3v) is 2.64. The average molecular weight is 250 g/mol. The molecule has 0 aliphatic rings. The minimum atomic E-state index is -0.403. The number of para-hydroxylation sites is 1. The zero-order chi connectivity index (χ0) is 13.5. The molecular formula is C14H22N2O2. The van der Waals surface area contributed by atoms with E-state index < -0.39 is 6.09 Å². The summed E-state index contributed by atoms with van der Waals surface area (Å²) >= 11 is 0. The van der Waals surface area contributed by atoms with Crippen molar-refractivity contribution in [2.45, 2.75) is 26.8 Å². The molecule has 0 aliphatic carbocycles. The molecule has 1 rings (SSSR count). The molecule has 1 unspecified atom stereocenters. The van der Waals surface area contributed by atoms with Crippen LogP contribution in [0.3, 0.4) is 0 Å². The number of nitrogens with one attached hydrogen (secondary N) is 2. The van der Waals surface area contributed by atoms with Crippen molar-refractivity contribution < 1.29 is 9.53 Å². The van der Waals surface area contributed by atoms with Crippen LogP contribution >= 0.6 is 0 Å². The summed E-state index contributed by atoms with van der Waals surface area (Å²) < 4.78 is 5.11. The molecule has 1 amide bonds. The zero-order valence-corrected chi connectivity index (χ0v) is 11.5. The van der Waals surface area contributed by atoms with Crippen molar-refractivity contribution in [3.8, 4) is 0 Å². The number of hydrogen-bond acceptors (Lipinski definition) is 3. The Balaban J connectivity index is 2.69. The average Bonchev–Trinajstić information content (AvgIpc) is 2.36. The summed E-state index contributed by atoms with van der Waals surface area (Å²) in [5, 5.41) is 5.93. The molecule has 0 fully saturated rings. The van der Waals surface area contributed by atoms with Crippen LogP contribution in [0.25, 0.3) is 0 Å². The number of ether oxygens (including phenoxy) is 1. The van der Waals surface area contributed by atoms with Crippen LogP contribution in [0.15, 0.2) is 24.3 Å². The Morgan fingerprint density at radius 2 is 1.94 bits per heavy atom. The second kappa shape index (κ2) is 7.01.